The zero-order valence-corrected chi connectivity index (χ0v) is 16.5. The molecule has 0 amide bonds. The molecule has 0 aromatic carbocycles. The molecule has 140 valence electrons. The maximum absolute atomic E-state index is 4.82. The van der Waals surface area contributed by atoms with Gasteiger partial charge in [-0.05, 0) is 43.3 Å². The number of nitrogens with zero attached hydrogens (tertiary/aromatic N) is 3. The Balaban J connectivity index is 1.51. The highest BCUT2D eigenvalue weighted by Crippen LogP contribution is 2.21. The van der Waals surface area contributed by atoms with Crippen molar-refractivity contribution in [3.8, 4) is 0 Å². The quantitative estimate of drug-likeness (QED) is 0.603. The molecule has 1 saturated heterocycles. The van der Waals surface area contributed by atoms with Crippen LogP contribution in [0.15, 0.2) is 46.9 Å². The van der Waals surface area contributed by atoms with Gasteiger partial charge in [-0.2, -0.15) is 0 Å². The van der Waals surface area contributed by atoms with E-state index < -0.39 is 0 Å². The van der Waals surface area contributed by atoms with Gasteiger partial charge in [0.15, 0.2) is 5.96 Å². The summed E-state index contributed by atoms with van der Waals surface area (Å²) in [6.45, 7) is 8.10. The summed E-state index contributed by atoms with van der Waals surface area (Å²) in [5, 5.41) is 9.15. The number of hydrogen-bond acceptors (Lipinski definition) is 4. The molecule has 0 bridgehead atoms. The van der Waals surface area contributed by atoms with E-state index in [1.807, 2.05) is 23.6 Å². The Bertz CT molecular complexity index is 663. The zero-order chi connectivity index (χ0) is 18.2. The van der Waals surface area contributed by atoms with Gasteiger partial charge < -0.3 is 15.5 Å². The summed E-state index contributed by atoms with van der Waals surface area (Å²) in [6, 6.07) is 10.9. The van der Waals surface area contributed by atoms with Crippen molar-refractivity contribution in [2.24, 2.45) is 4.99 Å². The SMILES string of the molecule is CCNC(=NCC(C)c1cccs1)NC1CCN(c2ccccn2)CC1. The van der Waals surface area contributed by atoms with Crippen LogP contribution in [0.4, 0.5) is 5.82 Å². The molecule has 0 aliphatic carbocycles. The van der Waals surface area contributed by atoms with E-state index in [0.717, 1.165) is 50.8 Å². The Kier molecular flexibility index (Phi) is 6.89. The summed E-state index contributed by atoms with van der Waals surface area (Å²) in [7, 11) is 0. The number of thiophene rings is 1. The molecule has 3 heterocycles. The third kappa shape index (κ3) is 5.21. The summed E-state index contributed by atoms with van der Waals surface area (Å²) >= 11 is 1.81. The Labute approximate surface area is 160 Å². The van der Waals surface area contributed by atoms with Gasteiger partial charge >= 0.3 is 0 Å². The summed E-state index contributed by atoms with van der Waals surface area (Å²) in [6.07, 6.45) is 4.06. The van der Waals surface area contributed by atoms with Gasteiger partial charge in [0.05, 0.1) is 6.54 Å². The van der Waals surface area contributed by atoms with E-state index in [1.54, 1.807) is 0 Å². The van der Waals surface area contributed by atoms with E-state index in [0.29, 0.717) is 12.0 Å². The first-order valence-electron chi connectivity index (χ1n) is 9.50. The highest BCUT2D eigenvalue weighted by atomic mass is 32.1. The van der Waals surface area contributed by atoms with E-state index >= 15 is 0 Å². The molecule has 1 aliphatic rings. The summed E-state index contributed by atoms with van der Waals surface area (Å²) < 4.78 is 0. The van der Waals surface area contributed by atoms with Crippen molar-refractivity contribution in [3.05, 3.63) is 46.8 Å². The minimum Gasteiger partial charge on any atom is -0.357 e. The highest BCUT2D eigenvalue weighted by Gasteiger charge is 2.20. The second kappa shape index (κ2) is 9.57. The number of hydrogen-bond donors (Lipinski definition) is 2. The lowest BCUT2D eigenvalue weighted by molar-refractivity contribution is 0.459. The van der Waals surface area contributed by atoms with Gasteiger partial charge in [-0.3, -0.25) is 4.99 Å². The average Bonchev–Trinajstić information content (AvgIpc) is 3.22. The summed E-state index contributed by atoms with van der Waals surface area (Å²) in [5.41, 5.74) is 0. The maximum atomic E-state index is 4.82. The van der Waals surface area contributed by atoms with Crippen molar-refractivity contribution in [3.63, 3.8) is 0 Å². The minimum absolute atomic E-state index is 0.455. The number of piperidine rings is 1. The molecule has 1 fully saturated rings. The molecule has 3 rings (SSSR count). The van der Waals surface area contributed by atoms with Crippen molar-refractivity contribution in [1.29, 1.82) is 0 Å². The van der Waals surface area contributed by atoms with Crippen LogP contribution in [0.3, 0.4) is 0 Å². The molecule has 2 aromatic heterocycles. The fraction of sp³-hybridized carbons (Fsp3) is 0.500. The van der Waals surface area contributed by atoms with Gasteiger partial charge in [0.25, 0.3) is 0 Å². The fourth-order valence-corrected chi connectivity index (χ4v) is 3.98. The monoisotopic (exact) mass is 371 g/mol. The topological polar surface area (TPSA) is 52.6 Å². The third-order valence-corrected chi connectivity index (χ3v) is 5.81. The second-order valence-electron chi connectivity index (χ2n) is 6.73. The Morgan fingerprint density at radius 3 is 2.81 bits per heavy atom. The maximum Gasteiger partial charge on any atom is 0.191 e. The molecule has 26 heavy (non-hydrogen) atoms. The first kappa shape index (κ1) is 18.7. The number of pyridine rings is 1. The Morgan fingerprint density at radius 1 is 1.31 bits per heavy atom. The molecule has 0 radical (unpaired) electrons. The number of aliphatic imine (C=N–C) groups is 1. The number of anilines is 1. The summed E-state index contributed by atoms with van der Waals surface area (Å²) in [4.78, 5) is 13.0. The van der Waals surface area contributed by atoms with Gasteiger partial charge in [0.2, 0.25) is 0 Å². The lowest BCUT2D eigenvalue weighted by atomic mass is 10.1. The largest absolute Gasteiger partial charge is 0.357 e. The Morgan fingerprint density at radius 2 is 2.15 bits per heavy atom. The van der Waals surface area contributed by atoms with Crippen LogP contribution in [0.2, 0.25) is 0 Å². The molecule has 0 spiro atoms. The highest BCUT2D eigenvalue weighted by molar-refractivity contribution is 7.10. The lowest BCUT2D eigenvalue weighted by Crippen LogP contribution is -2.49. The van der Waals surface area contributed by atoms with Crippen LogP contribution < -0.4 is 15.5 Å². The molecule has 1 unspecified atom stereocenters. The van der Waals surface area contributed by atoms with E-state index in [1.165, 1.54) is 4.88 Å². The van der Waals surface area contributed by atoms with E-state index in [-0.39, 0.29) is 0 Å². The van der Waals surface area contributed by atoms with Crippen LogP contribution in [-0.4, -0.2) is 43.2 Å². The first-order chi connectivity index (χ1) is 12.8. The predicted molar refractivity (Wildman–Crippen MR) is 111 cm³/mol. The average molecular weight is 372 g/mol. The lowest BCUT2D eigenvalue weighted by Gasteiger charge is -2.33. The molecule has 0 saturated carbocycles. The van der Waals surface area contributed by atoms with E-state index in [2.05, 4.69) is 64.0 Å². The molecule has 1 atom stereocenters. The van der Waals surface area contributed by atoms with Crippen molar-refractivity contribution in [1.82, 2.24) is 15.6 Å². The fourth-order valence-electron chi connectivity index (χ4n) is 3.20. The van der Waals surface area contributed by atoms with Crippen LogP contribution in [0.1, 0.15) is 37.5 Å². The van der Waals surface area contributed by atoms with Gasteiger partial charge in [-0.25, -0.2) is 4.98 Å². The second-order valence-corrected chi connectivity index (χ2v) is 7.71. The smallest absolute Gasteiger partial charge is 0.191 e. The number of nitrogens with one attached hydrogen (secondary N) is 2. The molecule has 6 heteroatoms. The molecule has 2 N–H and O–H groups in total. The minimum atomic E-state index is 0.455. The van der Waals surface area contributed by atoms with Gasteiger partial charge in [-0.1, -0.05) is 19.1 Å². The molecular weight excluding hydrogens is 342 g/mol. The van der Waals surface area contributed by atoms with Crippen molar-refractivity contribution < 1.29 is 0 Å². The van der Waals surface area contributed by atoms with E-state index in [9.17, 15) is 0 Å². The van der Waals surface area contributed by atoms with E-state index in [4.69, 9.17) is 4.99 Å². The van der Waals surface area contributed by atoms with Crippen LogP contribution in [0, 0.1) is 0 Å². The van der Waals surface area contributed by atoms with Gasteiger partial charge in [0.1, 0.15) is 5.82 Å². The molecule has 2 aromatic rings. The van der Waals surface area contributed by atoms with Crippen LogP contribution in [0.25, 0.3) is 0 Å². The van der Waals surface area contributed by atoms with Crippen LogP contribution >= 0.6 is 11.3 Å². The molecule has 5 nitrogen and oxygen atoms in total. The van der Waals surface area contributed by atoms with Gasteiger partial charge in [0, 0.05) is 42.7 Å². The molecular formula is C20H29N5S. The van der Waals surface area contributed by atoms with Crippen LogP contribution in [-0.2, 0) is 0 Å². The standard InChI is InChI=1S/C20H29N5S/c1-3-21-20(23-15-16(2)18-7-6-14-26-18)24-17-9-12-25(13-10-17)19-8-4-5-11-22-19/h4-8,11,14,16-17H,3,9-10,12-13,15H2,1-2H3,(H2,21,23,24). The van der Waals surface area contributed by atoms with Crippen molar-refractivity contribution in [2.45, 2.75) is 38.6 Å². The number of guanidine groups is 1. The van der Waals surface area contributed by atoms with Crippen molar-refractivity contribution >= 4 is 23.1 Å². The van der Waals surface area contributed by atoms with Crippen LogP contribution in [0.5, 0.6) is 0 Å². The van der Waals surface area contributed by atoms with Gasteiger partial charge in [-0.15, -0.1) is 11.3 Å². The van der Waals surface area contributed by atoms with Crippen molar-refractivity contribution in [2.75, 3.05) is 31.1 Å². The number of rotatable bonds is 6. The zero-order valence-electron chi connectivity index (χ0n) is 15.7. The molecule has 1 aliphatic heterocycles. The predicted octanol–water partition coefficient (Wildman–Crippen LogP) is 3.47. The first-order valence-corrected chi connectivity index (χ1v) is 10.4. The third-order valence-electron chi connectivity index (χ3n) is 4.71. The summed E-state index contributed by atoms with van der Waals surface area (Å²) in [5.74, 6) is 2.47. The Hall–Kier alpha value is -2.08. The number of aromatic nitrogens is 1. The normalized spacial score (nSPS) is 17.2.